The third kappa shape index (κ3) is 3.74. The number of hydrogen-bond donors (Lipinski definition) is 0. The van der Waals surface area contributed by atoms with E-state index >= 15 is 0 Å². The summed E-state index contributed by atoms with van der Waals surface area (Å²) in [7, 11) is 0. The molecule has 0 fully saturated rings. The first kappa shape index (κ1) is 12.0. The van der Waals surface area contributed by atoms with Crippen molar-refractivity contribution in [3.8, 4) is 28.8 Å². The standard InChI is InChI=1S/C22H21F3N8O/c1-4-16-20-30-28-12-32(20)17-11-27-21(29-19(17)33(16)13(2)3)31-10-9-26-18(31)14-5-7-15(8-6-14)34-22(23,24)25/h5-13,16H,4H2,1-3H3/i1D3,2D3,3D3,4D2,13D. The van der Waals surface area contributed by atoms with Crippen molar-refractivity contribution in [1.29, 1.82) is 0 Å². The number of halogens is 3. The monoisotopic (exact) mass is 482 g/mol. The van der Waals surface area contributed by atoms with Crippen LogP contribution in [0.3, 0.4) is 0 Å². The van der Waals surface area contributed by atoms with Crippen molar-refractivity contribution in [3.05, 3.63) is 55.0 Å². The molecule has 4 heterocycles. The van der Waals surface area contributed by atoms with Gasteiger partial charge in [-0.05, 0) is 44.3 Å². The lowest BCUT2D eigenvalue weighted by molar-refractivity contribution is -0.274. The molecular weight excluding hydrogens is 449 g/mol. The normalized spacial score (nSPS) is 22.4. The number of fused-ring (bicyclic) bond motifs is 3. The number of aromatic nitrogens is 7. The van der Waals surface area contributed by atoms with Crippen LogP contribution in [-0.2, 0) is 0 Å². The highest BCUT2D eigenvalue weighted by Gasteiger charge is 2.35. The molecule has 1 aliphatic heterocycles. The zero-order valence-corrected chi connectivity index (χ0v) is 16.8. The Hall–Kier alpha value is -3.96. The fourth-order valence-electron chi connectivity index (χ4n) is 3.52. The van der Waals surface area contributed by atoms with E-state index < -0.39 is 62.7 Å². The van der Waals surface area contributed by atoms with Crippen LogP contribution in [-0.4, -0.2) is 46.7 Å². The van der Waals surface area contributed by atoms with E-state index in [1.54, 1.807) is 0 Å². The zero-order valence-electron chi connectivity index (χ0n) is 28.8. The Balaban J connectivity index is 1.76. The molecule has 0 saturated heterocycles. The molecule has 0 bridgehead atoms. The van der Waals surface area contributed by atoms with E-state index in [0.29, 0.717) is 0 Å². The molecule has 1 aromatic carbocycles. The minimum Gasteiger partial charge on any atom is -0.406 e. The molecule has 1 unspecified atom stereocenters. The third-order valence-corrected chi connectivity index (χ3v) is 4.88. The predicted molar refractivity (Wildman–Crippen MR) is 117 cm³/mol. The summed E-state index contributed by atoms with van der Waals surface area (Å²) in [5, 5.41) is 7.47. The lowest BCUT2D eigenvalue weighted by Crippen LogP contribution is -2.40. The van der Waals surface area contributed by atoms with Crippen LogP contribution in [0, 0.1) is 0 Å². The summed E-state index contributed by atoms with van der Waals surface area (Å²) >= 11 is 0. The molecule has 0 saturated carbocycles. The molecular formula is C22H21F3N8O. The topological polar surface area (TPSA) is 86.8 Å². The summed E-state index contributed by atoms with van der Waals surface area (Å²) in [4.78, 5) is 13.0. The second-order valence-corrected chi connectivity index (χ2v) is 6.90. The Kier molecular flexibility index (Phi) is 2.85. The summed E-state index contributed by atoms with van der Waals surface area (Å²) in [6, 6.07) is -1.55. The van der Waals surface area contributed by atoms with Gasteiger partial charge in [-0.25, -0.2) is 9.97 Å². The van der Waals surface area contributed by atoms with E-state index in [2.05, 4.69) is 29.9 Å². The summed E-state index contributed by atoms with van der Waals surface area (Å²) < 4.78 is 143. The zero-order chi connectivity index (χ0) is 34.3. The summed E-state index contributed by atoms with van der Waals surface area (Å²) in [5.41, 5.74) is 0.0250. The maximum Gasteiger partial charge on any atom is 0.573 e. The molecule has 0 radical (unpaired) electrons. The van der Waals surface area contributed by atoms with Crippen LogP contribution >= 0.6 is 0 Å². The minimum absolute atomic E-state index is 0.0454. The molecule has 4 aromatic rings. The Morgan fingerprint density at radius 3 is 2.76 bits per heavy atom. The number of anilines is 1. The lowest BCUT2D eigenvalue weighted by Gasteiger charge is -2.39. The molecule has 0 spiro atoms. The fraction of sp³-hybridized carbons (Fsp3) is 0.318. The van der Waals surface area contributed by atoms with Gasteiger partial charge in [-0.2, -0.15) is 4.98 Å². The Bertz CT molecular complexity index is 1730. The molecule has 0 aliphatic carbocycles. The van der Waals surface area contributed by atoms with Crippen LogP contribution in [0.4, 0.5) is 19.0 Å². The van der Waals surface area contributed by atoms with E-state index in [1.807, 2.05) is 0 Å². The van der Waals surface area contributed by atoms with E-state index in [1.165, 1.54) is 29.1 Å². The van der Waals surface area contributed by atoms with Gasteiger partial charge in [-0.15, -0.1) is 23.4 Å². The number of nitrogens with zero attached hydrogens (tertiary/aromatic N) is 8. The number of hydrogen-bond acceptors (Lipinski definition) is 7. The summed E-state index contributed by atoms with van der Waals surface area (Å²) in [6.45, 7) is -11.0. The molecule has 12 heteroatoms. The number of rotatable bonds is 5. The molecule has 3 aromatic heterocycles. The Morgan fingerprint density at radius 1 is 1.21 bits per heavy atom. The number of benzene rings is 1. The van der Waals surface area contributed by atoms with Crippen molar-refractivity contribution >= 4 is 5.82 Å². The first-order valence-corrected chi connectivity index (χ1v) is 9.45. The smallest absolute Gasteiger partial charge is 0.406 e. The maximum atomic E-state index is 12.6. The summed E-state index contributed by atoms with van der Waals surface area (Å²) in [5.74, 6) is -2.00. The highest BCUT2D eigenvalue weighted by Crippen LogP contribution is 2.39. The van der Waals surface area contributed by atoms with Gasteiger partial charge in [0, 0.05) is 39.1 Å². The van der Waals surface area contributed by atoms with Crippen LogP contribution in [0.5, 0.6) is 5.75 Å². The van der Waals surface area contributed by atoms with Crippen LogP contribution in [0.2, 0.25) is 0 Å². The van der Waals surface area contributed by atoms with Gasteiger partial charge in [0.1, 0.15) is 23.6 Å². The summed E-state index contributed by atoms with van der Waals surface area (Å²) in [6.07, 6.45) is -3.69. The van der Waals surface area contributed by atoms with E-state index in [0.717, 1.165) is 29.2 Å². The SMILES string of the molecule is [2H]C([2H])([2H])C([2H])([2H])C1c2nncn2-c2cnc(-n3ccnc3-c3ccc(OC(F)(F)F)cc3)nc2N1C([2H])(C([2H])([2H])[2H])C([2H])([2H])[2H]. The quantitative estimate of drug-likeness (QED) is 0.414. The van der Waals surface area contributed by atoms with Gasteiger partial charge in [0.15, 0.2) is 11.6 Å². The number of imidazole rings is 1. The van der Waals surface area contributed by atoms with Gasteiger partial charge in [0.2, 0.25) is 5.95 Å². The van der Waals surface area contributed by atoms with Crippen LogP contribution in [0.15, 0.2) is 49.2 Å². The molecule has 9 nitrogen and oxygen atoms in total. The fourth-order valence-corrected chi connectivity index (χ4v) is 3.52. The number of ether oxygens (including phenoxy) is 1. The Labute approximate surface area is 209 Å². The second-order valence-electron chi connectivity index (χ2n) is 6.90. The molecule has 0 amide bonds. The van der Waals surface area contributed by atoms with Gasteiger partial charge < -0.3 is 9.64 Å². The van der Waals surface area contributed by atoms with Crippen LogP contribution in [0.25, 0.3) is 23.0 Å². The van der Waals surface area contributed by atoms with Crippen molar-refractivity contribution in [2.75, 3.05) is 4.90 Å². The lowest BCUT2D eigenvalue weighted by atomic mass is 10.1. The molecule has 1 aliphatic rings. The van der Waals surface area contributed by atoms with Crippen molar-refractivity contribution in [2.45, 2.75) is 45.4 Å². The van der Waals surface area contributed by atoms with E-state index in [9.17, 15) is 13.2 Å². The van der Waals surface area contributed by atoms with Crippen molar-refractivity contribution in [3.63, 3.8) is 0 Å². The first-order valence-electron chi connectivity index (χ1n) is 15.5. The molecule has 0 N–H and O–H groups in total. The highest BCUT2D eigenvalue weighted by atomic mass is 19.4. The van der Waals surface area contributed by atoms with Crippen LogP contribution in [0.1, 0.15) is 55.2 Å². The first-order chi connectivity index (χ1) is 21.0. The molecule has 176 valence electrons. The van der Waals surface area contributed by atoms with Gasteiger partial charge in [-0.1, -0.05) is 6.85 Å². The van der Waals surface area contributed by atoms with Gasteiger partial charge in [0.25, 0.3) is 0 Å². The third-order valence-electron chi connectivity index (χ3n) is 4.88. The molecule has 34 heavy (non-hydrogen) atoms. The van der Waals surface area contributed by atoms with Crippen molar-refractivity contribution in [2.24, 2.45) is 0 Å². The van der Waals surface area contributed by atoms with Crippen LogP contribution < -0.4 is 9.64 Å². The van der Waals surface area contributed by atoms with Gasteiger partial charge in [0.05, 0.1) is 13.6 Å². The van der Waals surface area contributed by atoms with Crippen molar-refractivity contribution < 1.29 is 34.4 Å². The van der Waals surface area contributed by atoms with Gasteiger partial charge in [-0.3, -0.25) is 9.13 Å². The predicted octanol–water partition coefficient (Wildman–Crippen LogP) is 4.49. The maximum absolute atomic E-state index is 12.6. The molecule has 1 atom stereocenters. The van der Waals surface area contributed by atoms with E-state index in [4.69, 9.17) is 16.4 Å². The largest absolute Gasteiger partial charge is 0.573 e. The Morgan fingerprint density at radius 2 is 2.03 bits per heavy atom. The van der Waals surface area contributed by atoms with Gasteiger partial charge >= 0.3 is 6.36 Å². The molecule has 5 rings (SSSR count). The average molecular weight is 483 g/mol. The number of alkyl halides is 3. The average Bonchev–Trinajstić information content (AvgIpc) is 3.59. The van der Waals surface area contributed by atoms with E-state index in [-0.39, 0.29) is 27.9 Å². The second kappa shape index (κ2) is 8.12. The van der Waals surface area contributed by atoms with Crippen molar-refractivity contribution in [1.82, 2.24) is 34.3 Å². The highest BCUT2D eigenvalue weighted by molar-refractivity contribution is 5.64. The minimum atomic E-state index is -4.93.